The summed E-state index contributed by atoms with van der Waals surface area (Å²) in [6.45, 7) is 30.9. The van der Waals surface area contributed by atoms with Crippen LogP contribution in [0.2, 0.25) is 55.9 Å². The van der Waals surface area contributed by atoms with E-state index in [1.165, 1.54) is 11.8 Å². The van der Waals surface area contributed by atoms with Gasteiger partial charge in [0.15, 0.2) is 30.7 Å². The van der Waals surface area contributed by atoms with Crippen molar-refractivity contribution in [2.24, 2.45) is 0 Å². The van der Waals surface area contributed by atoms with Crippen LogP contribution in [0.1, 0.15) is 73.6 Å². The Morgan fingerprint density at radius 1 is 0.851 bits per heavy atom. The highest BCUT2D eigenvalue weighted by Gasteiger charge is 2.46. The average molecular weight is 719 g/mol. The summed E-state index contributed by atoms with van der Waals surface area (Å²) >= 11 is 1.51. The van der Waals surface area contributed by atoms with Gasteiger partial charge in [0.1, 0.15) is 11.4 Å². The Labute approximate surface area is 295 Å². The average Bonchev–Trinajstić information content (AvgIpc) is 3.18. The van der Waals surface area contributed by atoms with E-state index in [2.05, 4.69) is 106 Å². The summed E-state index contributed by atoms with van der Waals surface area (Å²) in [5.74, 6) is 0.957. The number of benzene rings is 1. The maximum atomic E-state index is 13.8. The summed E-state index contributed by atoms with van der Waals surface area (Å²) in [6, 6.07) is 9.93. The molecule has 0 bridgehead atoms. The predicted molar refractivity (Wildman–Crippen MR) is 211 cm³/mol. The Bertz CT molecular complexity index is 1240. The minimum atomic E-state index is -2.03. The van der Waals surface area contributed by atoms with Crippen LogP contribution < -0.4 is 4.74 Å². The van der Waals surface area contributed by atoms with E-state index in [1.807, 2.05) is 42.7 Å². The standard InChI is InChI=1S/C38H66O5SSi3/c1-36(2,3)46(11,12)41-29-21-25-32(42-47(13,14)37(4,5)6)24-20-26-33-35(39)34(44-7)30-38(33,43-45(8,9)10)27-18-19-28-40-31-22-16-15-17-23-31/h15-17,20,22-24,26,30,32H,18-19,21,25,27-29H2,1-14H3/b24-20+,33-26+. The van der Waals surface area contributed by atoms with E-state index in [0.29, 0.717) is 6.61 Å². The molecule has 2 rings (SSSR count). The van der Waals surface area contributed by atoms with Crippen molar-refractivity contribution >= 4 is 42.5 Å². The van der Waals surface area contributed by atoms with Crippen molar-refractivity contribution in [3.05, 3.63) is 65.1 Å². The molecule has 0 aromatic heterocycles. The van der Waals surface area contributed by atoms with Gasteiger partial charge in [0, 0.05) is 12.2 Å². The molecule has 9 heteroatoms. The molecule has 1 aromatic carbocycles. The number of rotatable bonds is 18. The third-order valence-electron chi connectivity index (χ3n) is 9.69. The summed E-state index contributed by atoms with van der Waals surface area (Å²) < 4.78 is 26.3. The number of hydrogen-bond donors (Lipinski definition) is 0. The second kappa shape index (κ2) is 17.1. The Morgan fingerprint density at radius 2 is 1.47 bits per heavy atom. The number of ketones is 1. The lowest BCUT2D eigenvalue weighted by Crippen LogP contribution is -2.44. The van der Waals surface area contributed by atoms with Gasteiger partial charge >= 0.3 is 0 Å². The molecule has 1 aromatic rings. The molecule has 1 aliphatic rings. The van der Waals surface area contributed by atoms with Crippen LogP contribution in [0.25, 0.3) is 0 Å². The molecule has 0 radical (unpaired) electrons. The molecule has 266 valence electrons. The maximum absolute atomic E-state index is 13.8. The Kier molecular flexibility index (Phi) is 15.3. The van der Waals surface area contributed by atoms with Crippen LogP contribution in [0.4, 0.5) is 0 Å². The number of allylic oxidation sites excluding steroid dienone is 3. The van der Waals surface area contributed by atoms with E-state index in [0.717, 1.165) is 54.9 Å². The highest BCUT2D eigenvalue weighted by molar-refractivity contribution is 8.03. The van der Waals surface area contributed by atoms with E-state index in [9.17, 15) is 4.79 Å². The number of para-hydroxylation sites is 1. The molecule has 0 saturated carbocycles. The van der Waals surface area contributed by atoms with E-state index in [4.69, 9.17) is 18.0 Å². The quantitative estimate of drug-likeness (QED) is 0.0856. The van der Waals surface area contributed by atoms with Gasteiger partial charge in [-0.3, -0.25) is 4.79 Å². The van der Waals surface area contributed by atoms with Crippen LogP contribution >= 0.6 is 11.8 Å². The molecular formula is C38H66O5SSi3. The molecule has 0 fully saturated rings. The lowest BCUT2D eigenvalue weighted by Gasteiger charge is -2.39. The zero-order valence-corrected chi connectivity index (χ0v) is 36.0. The van der Waals surface area contributed by atoms with Crippen LogP contribution in [0.5, 0.6) is 5.75 Å². The number of thioether (sulfide) groups is 1. The van der Waals surface area contributed by atoms with Crippen LogP contribution in [-0.4, -0.2) is 61.9 Å². The Balaban J connectivity index is 2.32. The molecule has 0 heterocycles. The third-order valence-corrected chi connectivity index (χ3v) is 20.5. The first-order chi connectivity index (χ1) is 21.5. The molecule has 2 atom stereocenters. The second-order valence-electron chi connectivity index (χ2n) is 16.9. The summed E-state index contributed by atoms with van der Waals surface area (Å²) in [7, 11) is -5.87. The van der Waals surface area contributed by atoms with Crippen LogP contribution in [0, 0.1) is 0 Å². The smallest absolute Gasteiger partial charge is 0.198 e. The number of hydrogen-bond acceptors (Lipinski definition) is 6. The van der Waals surface area contributed by atoms with Crippen molar-refractivity contribution in [2.75, 3.05) is 19.5 Å². The molecule has 1 aliphatic carbocycles. The van der Waals surface area contributed by atoms with Crippen molar-refractivity contribution in [1.29, 1.82) is 0 Å². The number of carbonyl (C=O) groups excluding carboxylic acids is 1. The minimum absolute atomic E-state index is 0.0531. The van der Waals surface area contributed by atoms with E-state index < -0.39 is 30.6 Å². The van der Waals surface area contributed by atoms with Gasteiger partial charge < -0.3 is 18.0 Å². The SMILES string of the molecule is CSC1=CC(CCCCOc2ccccc2)(O[Si](C)(C)C)/C(=C/C=C/C(CCCO[Si](C)(C)C(C)(C)C)O[Si](C)(C)C(C)(C)C)C1=O. The second-order valence-corrected chi connectivity index (χ2v) is 31.7. The van der Waals surface area contributed by atoms with Gasteiger partial charge in [0.05, 0.1) is 17.6 Å². The predicted octanol–water partition coefficient (Wildman–Crippen LogP) is 11.3. The summed E-state index contributed by atoms with van der Waals surface area (Å²) in [4.78, 5) is 14.6. The van der Waals surface area contributed by atoms with Crippen molar-refractivity contribution in [1.82, 2.24) is 0 Å². The van der Waals surface area contributed by atoms with Gasteiger partial charge in [0.2, 0.25) is 0 Å². The summed E-state index contributed by atoms with van der Waals surface area (Å²) in [6.07, 6.45) is 14.6. The minimum Gasteiger partial charge on any atom is -0.494 e. The van der Waals surface area contributed by atoms with Gasteiger partial charge in [0.25, 0.3) is 0 Å². The zero-order chi connectivity index (χ0) is 35.7. The molecule has 0 amide bonds. The summed E-state index contributed by atoms with van der Waals surface area (Å²) in [5, 5.41) is 0.283. The maximum Gasteiger partial charge on any atom is 0.198 e. The van der Waals surface area contributed by atoms with E-state index in [-0.39, 0.29) is 22.0 Å². The number of carbonyl (C=O) groups is 1. The fraction of sp³-hybridized carbons (Fsp3) is 0.658. The lowest BCUT2D eigenvalue weighted by atomic mass is 9.90. The molecule has 0 spiro atoms. The first kappa shape index (κ1) is 42.0. The molecule has 2 unspecified atom stereocenters. The van der Waals surface area contributed by atoms with Crippen molar-refractivity contribution < 1.29 is 22.8 Å². The highest BCUT2D eigenvalue weighted by Crippen LogP contribution is 2.44. The largest absolute Gasteiger partial charge is 0.494 e. The Morgan fingerprint density at radius 3 is 2.02 bits per heavy atom. The van der Waals surface area contributed by atoms with Gasteiger partial charge in [-0.25, -0.2) is 0 Å². The van der Waals surface area contributed by atoms with Crippen LogP contribution in [0.3, 0.4) is 0 Å². The molecular weight excluding hydrogens is 653 g/mol. The first-order valence-electron chi connectivity index (χ1n) is 17.4. The fourth-order valence-corrected chi connectivity index (χ4v) is 9.35. The van der Waals surface area contributed by atoms with Gasteiger partial charge in [-0.2, -0.15) is 0 Å². The number of ether oxygens (including phenoxy) is 1. The highest BCUT2D eigenvalue weighted by atomic mass is 32.2. The van der Waals surface area contributed by atoms with Crippen molar-refractivity contribution in [2.45, 2.75) is 141 Å². The number of Topliss-reactive ketones (excluding diaryl/α,β-unsaturated/α-hetero) is 1. The zero-order valence-electron chi connectivity index (χ0n) is 32.2. The van der Waals surface area contributed by atoms with Gasteiger partial charge in [-0.15, -0.1) is 11.8 Å². The van der Waals surface area contributed by atoms with Gasteiger partial charge in [-0.05, 0) is 112 Å². The monoisotopic (exact) mass is 718 g/mol. The topological polar surface area (TPSA) is 54.0 Å². The molecule has 47 heavy (non-hydrogen) atoms. The Hall–Kier alpha value is -1.21. The normalized spacial score (nSPS) is 19.9. The summed E-state index contributed by atoms with van der Waals surface area (Å²) in [5.41, 5.74) is 0.000820. The van der Waals surface area contributed by atoms with Crippen molar-refractivity contribution in [3.63, 3.8) is 0 Å². The van der Waals surface area contributed by atoms with Crippen LogP contribution in [-0.2, 0) is 18.1 Å². The first-order valence-corrected chi connectivity index (χ1v) is 27.9. The van der Waals surface area contributed by atoms with E-state index >= 15 is 0 Å². The molecule has 0 aliphatic heterocycles. The van der Waals surface area contributed by atoms with Gasteiger partial charge in [-0.1, -0.05) is 78.0 Å². The number of unbranched alkanes of at least 4 members (excludes halogenated alkanes) is 1. The van der Waals surface area contributed by atoms with Crippen LogP contribution in [0.15, 0.2) is 65.1 Å². The lowest BCUT2D eigenvalue weighted by molar-refractivity contribution is -0.112. The van der Waals surface area contributed by atoms with Crippen molar-refractivity contribution in [3.8, 4) is 5.75 Å². The fourth-order valence-electron chi connectivity index (χ4n) is 4.99. The molecule has 5 nitrogen and oxygen atoms in total. The molecule has 0 N–H and O–H groups in total. The van der Waals surface area contributed by atoms with E-state index in [1.54, 1.807) is 0 Å². The molecule has 0 saturated heterocycles. The third kappa shape index (κ3) is 12.9.